The summed E-state index contributed by atoms with van der Waals surface area (Å²) in [6.07, 6.45) is 26.6. The molecule has 14 fully saturated rings. The highest BCUT2D eigenvalue weighted by atomic mass is 16.6. The standard InChI is InChI=1S/C44H60O4/c1-24(37-22-45-37)47-36-12-35(42-13-26-3-27(14-42)5-28(4-26)15-42)41(48-25(2)38-23-46-38)40(44-19-32-9-33(20-44)11-34(10-32)21-44)39(36)43-16-29-6-30(17-43)8-31(7-29)18-43/h12,24-34,37-38H,3-11,13-23H2,1-2H3. The highest BCUT2D eigenvalue weighted by Crippen LogP contribution is 2.70. The van der Waals surface area contributed by atoms with Gasteiger partial charge >= 0.3 is 0 Å². The smallest absolute Gasteiger partial charge is 0.127 e. The average molecular weight is 653 g/mol. The Morgan fingerprint density at radius 3 is 1.21 bits per heavy atom. The minimum Gasteiger partial charge on any atom is -0.488 e. The van der Waals surface area contributed by atoms with Gasteiger partial charge in [-0.1, -0.05) is 0 Å². The highest BCUT2D eigenvalue weighted by molar-refractivity contribution is 5.63. The molecule has 2 saturated heterocycles. The van der Waals surface area contributed by atoms with Crippen molar-refractivity contribution in [3.63, 3.8) is 0 Å². The van der Waals surface area contributed by atoms with Gasteiger partial charge in [-0.3, -0.25) is 0 Å². The van der Waals surface area contributed by atoms with E-state index < -0.39 is 0 Å². The molecule has 1 aromatic carbocycles. The molecule has 0 spiro atoms. The Kier molecular flexibility index (Phi) is 6.10. The lowest BCUT2D eigenvalue weighted by Gasteiger charge is -2.62. The molecule has 2 heterocycles. The Labute approximate surface area is 289 Å². The van der Waals surface area contributed by atoms with Crippen molar-refractivity contribution in [1.29, 1.82) is 0 Å². The summed E-state index contributed by atoms with van der Waals surface area (Å²) in [5, 5.41) is 0. The number of epoxide rings is 2. The third kappa shape index (κ3) is 4.38. The minimum atomic E-state index is 0.108. The Bertz CT molecular complexity index is 1390. The normalized spacial score (nSPS) is 52.5. The average Bonchev–Trinajstić information content (AvgIpc) is 3.93. The van der Waals surface area contributed by atoms with Crippen molar-refractivity contribution in [3.8, 4) is 11.5 Å². The minimum absolute atomic E-state index is 0.108. The lowest BCUT2D eigenvalue weighted by atomic mass is 9.43. The molecule has 0 radical (unpaired) electrons. The summed E-state index contributed by atoms with van der Waals surface area (Å²) in [5.41, 5.74) is 5.80. The van der Waals surface area contributed by atoms with Crippen LogP contribution in [0.25, 0.3) is 0 Å². The van der Waals surface area contributed by atoms with Crippen LogP contribution < -0.4 is 9.47 Å². The van der Waals surface area contributed by atoms with Crippen molar-refractivity contribution < 1.29 is 18.9 Å². The van der Waals surface area contributed by atoms with Crippen LogP contribution in [0.15, 0.2) is 6.07 Å². The maximum absolute atomic E-state index is 7.70. The molecule has 15 rings (SSSR count). The topological polar surface area (TPSA) is 43.5 Å². The van der Waals surface area contributed by atoms with Crippen molar-refractivity contribution >= 4 is 0 Å². The molecule has 0 aromatic heterocycles. The molecular weight excluding hydrogens is 592 g/mol. The van der Waals surface area contributed by atoms with E-state index in [4.69, 9.17) is 18.9 Å². The molecule has 0 amide bonds. The zero-order valence-electron chi connectivity index (χ0n) is 29.9. The van der Waals surface area contributed by atoms with Crippen LogP contribution in [0.3, 0.4) is 0 Å². The molecule has 2 aliphatic heterocycles. The van der Waals surface area contributed by atoms with Crippen LogP contribution in [-0.4, -0.2) is 37.6 Å². The lowest BCUT2D eigenvalue weighted by molar-refractivity contribution is -0.0222. The van der Waals surface area contributed by atoms with Crippen molar-refractivity contribution in [2.45, 2.75) is 170 Å². The first-order valence-electron chi connectivity index (χ1n) is 21.1. The van der Waals surface area contributed by atoms with E-state index >= 15 is 0 Å². The number of hydrogen-bond donors (Lipinski definition) is 0. The molecule has 12 aliphatic carbocycles. The fourth-order valence-electron chi connectivity index (χ4n) is 16.7. The Morgan fingerprint density at radius 2 is 0.833 bits per heavy atom. The van der Waals surface area contributed by atoms with E-state index in [-0.39, 0.29) is 40.7 Å². The van der Waals surface area contributed by atoms with E-state index in [1.807, 2.05) is 0 Å². The van der Waals surface area contributed by atoms with Gasteiger partial charge in [-0.05, 0) is 194 Å². The van der Waals surface area contributed by atoms with Gasteiger partial charge in [0.25, 0.3) is 0 Å². The van der Waals surface area contributed by atoms with Crippen molar-refractivity contribution in [2.24, 2.45) is 53.3 Å². The number of benzene rings is 1. The predicted octanol–water partition coefficient (Wildman–Crippen LogP) is 9.42. The molecule has 4 atom stereocenters. The molecular formula is C44H60O4. The monoisotopic (exact) mass is 652 g/mol. The van der Waals surface area contributed by atoms with Crippen molar-refractivity contribution in [3.05, 3.63) is 22.8 Å². The van der Waals surface area contributed by atoms with Crippen LogP contribution in [-0.2, 0) is 25.7 Å². The van der Waals surface area contributed by atoms with Gasteiger partial charge in [-0.2, -0.15) is 0 Å². The van der Waals surface area contributed by atoms with Gasteiger partial charge in [-0.15, -0.1) is 0 Å². The first-order valence-corrected chi connectivity index (χ1v) is 21.1. The van der Waals surface area contributed by atoms with Gasteiger partial charge in [-0.25, -0.2) is 0 Å². The molecule has 4 heteroatoms. The van der Waals surface area contributed by atoms with Crippen LogP contribution >= 0.6 is 0 Å². The summed E-state index contributed by atoms with van der Waals surface area (Å²) in [6, 6.07) is 2.69. The summed E-state index contributed by atoms with van der Waals surface area (Å²) >= 11 is 0. The summed E-state index contributed by atoms with van der Waals surface area (Å²) in [7, 11) is 0. The van der Waals surface area contributed by atoms with E-state index in [0.717, 1.165) is 66.5 Å². The number of rotatable bonds is 9. The zero-order chi connectivity index (χ0) is 31.6. The third-order valence-electron chi connectivity index (χ3n) is 17.4. The fraction of sp³-hybridized carbons (Fsp3) is 0.864. The first kappa shape index (κ1) is 29.3. The van der Waals surface area contributed by atoms with Crippen LogP contribution in [0, 0.1) is 53.3 Å². The summed E-state index contributed by atoms with van der Waals surface area (Å²) in [6.45, 7) is 6.37. The van der Waals surface area contributed by atoms with Gasteiger partial charge in [0.15, 0.2) is 0 Å². The SMILES string of the molecule is CC(Oc1cc(C23CC4CC(CC(C4)C2)C3)c(OC(C)C2CO2)c(C23CC4CC(CC(C4)C2)C3)c1C12CC3CC(CC(C3)C1)C2)C1CO1. The molecule has 14 aliphatic rings. The second-order valence-electron chi connectivity index (χ2n) is 21.0. The largest absolute Gasteiger partial charge is 0.488 e. The summed E-state index contributed by atoms with van der Waals surface area (Å²) in [4.78, 5) is 0. The van der Waals surface area contributed by atoms with Gasteiger partial charge in [0, 0.05) is 27.5 Å². The zero-order valence-corrected chi connectivity index (χ0v) is 29.9. The van der Waals surface area contributed by atoms with Crippen molar-refractivity contribution in [2.75, 3.05) is 13.2 Å². The maximum Gasteiger partial charge on any atom is 0.127 e. The molecule has 4 unspecified atom stereocenters. The van der Waals surface area contributed by atoms with Crippen LogP contribution in [0.5, 0.6) is 11.5 Å². The molecule has 260 valence electrons. The second-order valence-corrected chi connectivity index (χ2v) is 21.0. The molecule has 4 nitrogen and oxygen atoms in total. The molecule has 12 saturated carbocycles. The van der Waals surface area contributed by atoms with Crippen LogP contribution in [0.2, 0.25) is 0 Å². The molecule has 1 aromatic rings. The molecule has 12 bridgehead atoms. The van der Waals surface area contributed by atoms with Gasteiger partial charge in [0.2, 0.25) is 0 Å². The first-order chi connectivity index (χ1) is 23.3. The fourth-order valence-corrected chi connectivity index (χ4v) is 16.7. The Hall–Kier alpha value is -1.26. The molecule has 0 N–H and O–H groups in total. The van der Waals surface area contributed by atoms with E-state index in [0.29, 0.717) is 0 Å². The van der Waals surface area contributed by atoms with E-state index in [9.17, 15) is 0 Å². The quantitative estimate of drug-likeness (QED) is 0.249. The van der Waals surface area contributed by atoms with E-state index in [1.165, 1.54) is 127 Å². The summed E-state index contributed by atoms with van der Waals surface area (Å²) in [5.74, 6) is 10.9. The second kappa shape index (κ2) is 9.99. The van der Waals surface area contributed by atoms with Gasteiger partial charge < -0.3 is 18.9 Å². The maximum atomic E-state index is 7.70. The van der Waals surface area contributed by atoms with Gasteiger partial charge in [0.05, 0.1) is 13.2 Å². The van der Waals surface area contributed by atoms with Crippen molar-refractivity contribution in [1.82, 2.24) is 0 Å². The van der Waals surface area contributed by atoms with Crippen LogP contribution in [0.4, 0.5) is 0 Å². The Balaban J connectivity index is 1.14. The van der Waals surface area contributed by atoms with E-state index in [2.05, 4.69) is 19.9 Å². The summed E-state index contributed by atoms with van der Waals surface area (Å²) < 4.78 is 27.1. The molecule has 48 heavy (non-hydrogen) atoms. The van der Waals surface area contributed by atoms with Gasteiger partial charge in [0.1, 0.15) is 35.9 Å². The number of ether oxygens (including phenoxy) is 4. The predicted molar refractivity (Wildman–Crippen MR) is 186 cm³/mol. The third-order valence-corrected chi connectivity index (χ3v) is 17.4. The Morgan fingerprint density at radius 1 is 0.500 bits per heavy atom. The lowest BCUT2D eigenvalue weighted by Crippen LogP contribution is -2.53. The number of hydrogen-bond acceptors (Lipinski definition) is 4. The van der Waals surface area contributed by atoms with Crippen LogP contribution in [0.1, 0.15) is 146 Å². The van der Waals surface area contributed by atoms with E-state index in [1.54, 1.807) is 16.7 Å². The highest BCUT2D eigenvalue weighted by Gasteiger charge is 2.61.